The number of nitrogens with zero attached hydrogens (tertiary/aromatic N) is 1. The van der Waals surface area contributed by atoms with Gasteiger partial charge in [-0.1, -0.05) is 0 Å². The molecule has 14 heavy (non-hydrogen) atoms. The minimum Gasteiger partial charge on any atom is -0.542 e. The lowest BCUT2D eigenvalue weighted by Gasteiger charge is -2.19. The smallest absolute Gasteiger partial charge is 0.242 e. The number of halogens is 1. The summed E-state index contributed by atoms with van der Waals surface area (Å²) in [4.78, 5) is 0. The predicted molar refractivity (Wildman–Crippen MR) is 55.1 cm³/mol. The zero-order valence-electron chi connectivity index (χ0n) is 8.47. The number of nitriles is 1. The molecule has 0 heterocycles. The molecule has 0 amide bonds. The summed E-state index contributed by atoms with van der Waals surface area (Å²) in [6, 6.07) is 6.08. The fourth-order valence-electron chi connectivity index (χ4n) is 0.981. The molecule has 0 unspecified atom stereocenters. The number of hydrogen-bond acceptors (Lipinski definition) is 2. The molecular formula is C10H12FNOSi. The van der Waals surface area contributed by atoms with Crippen molar-refractivity contribution in [2.24, 2.45) is 0 Å². The third-order valence-electron chi connectivity index (χ3n) is 1.48. The van der Waals surface area contributed by atoms with Crippen molar-refractivity contribution >= 4 is 8.32 Å². The average Bonchev–Trinajstić information content (AvgIpc) is 2.06. The first kappa shape index (κ1) is 10.7. The second-order valence-electron chi connectivity index (χ2n) is 3.97. The molecule has 0 saturated carbocycles. The quantitative estimate of drug-likeness (QED) is 0.702. The molecule has 4 heteroatoms. The second-order valence-corrected chi connectivity index (χ2v) is 8.40. The van der Waals surface area contributed by atoms with Crippen LogP contribution in [0.4, 0.5) is 4.39 Å². The molecule has 0 aliphatic carbocycles. The lowest BCUT2D eigenvalue weighted by Crippen LogP contribution is -2.29. The molecule has 0 aliphatic heterocycles. The van der Waals surface area contributed by atoms with Crippen LogP contribution in [0.25, 0.3) is 0 Å². The van der Waals surface area contributed by atoms with Gasteiger partial charge in [0.05, 0.1) is 11.6 Å². The van der Waals surface area contributed by atoms with Crippen LogP contribution < -0.4 is 4.43 Å². The van der Waals surface area contributed by atoms with Crippen LogP contribution in [-0.4, -0.2) is 8.32 Å². The molecule has 0 radical (unpaired) electrons. The molecule has 74 valence electrons. The van der Waals surface area contributed by atoms with Crippen LogP contribution in [0.2, 0.25) is 19.6 Å². The SMILES string of the molecule is C[Si](C)(C)Oc1cc(C#N)ccc1F. The molecule has 0 saturated heterocycles. The molecule has 1 aromatic carbocycles. The predicted octanol–water partition coefficient (Wildman–Crippen LogP) is 2.91. The van der Waals surface area contributed by atoms with E-state index < -0.39 is 14.1 Å². The van der Waals surface area contributed by atoms with Gasteiger partial charge in [-0.25, -0.2) is 4.39 Å². The van der Waals surface area contributed by atoms with Crippen molar-refractivity contribution in [3.63, 3.8) is 0 Å². The molecule has 2 nitrogen and oxygen atoms in total. The minimum atomic E-state index is -1.81. The van der Waals surface area contributed by atoms with E-state index in [1.807, 2.05) is 25.7 Å². The molecule has 1 rings (SSSR count). The highest BCUT2D eigenvalue weighted by molar-refractivity contribution is 6.70. The highest BCUT2D eigenvalue weighted by Gasteiger charge is 2.18. The standard InChI is InChI=1S/C10H12FNOSi/c1-14(2,3)13-10-6-8(7-12)4-5-9(10)11/h4-6H,1-3H3. The van der Waals surface area contributed by atoms with Crippen molar-refractivity contribution in [2.75, 3.05) is 0 Å². The number of benzene rings is 1. The maximum Gasteiger partial charge on any atom is 0.242 e. The number of rotatable bonds is 2. The van der Waals surface area contributed by atoms with Crippen molar-refractivity contribution in [1.29, 1.82) is 5.26 Å². The summed E-state index contributed by atoms with van der Waals surface area (Å²) in [5.74, 6) is -0.227. The van der Waals surface area contributed by atoms with Gasteiger partial charge in [-0.3, -0.25) is 0 Å². The van der Waals surface area contributed by atoms with Crippen molar-refractivity contribution in [3.8, 4) is 11.8 Å². The molecule has 0 fully saturated rings. The minimum absolute atomic E-state index is 0.184. The first-order valence-electron chi connectivity index (χ1n) is 4.31. The van der Waals surface area contributed by atoms with E-state index in [9.17, 15) is 4.39 Å². The van der Waals surface area contributed by atoms with E-state index in [2.05, 4.69) is 0 Å². The average molecular weight is 209 g/mol. The third-order valence-corrected chi connectivity index (χ3v) is 2.31. The van der Waals surface area contributed by atoms with Gasteiger partial charge in [0.1, 0.15) is 5.75 Å². The lowest BCUT2D eigenvalue weighted by molar-refractivity contribution is 0.495. The summed E-state index contributed by atoms with van der Waals surface area (Å²) in [5, 5.41) is 8.63. The van der Waals surface area contributed by atoms with Crippen molar-refractivity contribution in [3.05, 3.63) is 29.6 Å². The zero-order chi connectivity index (χ0) is 10.8. The van der Waals surface area contributed by atoms with Crippen LogP contribution in [-0.2, 0) is 0 Å². The van der Waals surface area contributed by atoms with Crippen LogP contribution >= 0.6 is 0 Å². The summed E-state index contributed by atoms with van der Waals surface area (Å²) in [5.41, 5.74) is 0.416. The first-order chi connectivity index (χ1) is 6.42. The molecule has 0 spiro atoms. The molecule has 0 aromatic heterocycles. The van der Waals surface area contributed by atoms with E-state index in [1.54, 1.807) is 0 Å². The Hall–Kier alpha value is -1.34. The topological polar surface area (TPSA) is 33.0 Å². The lowest BCUT2D eigenvalue weighted by atomic mass is 10.2. The van der Waals surface area contributed by atoms with Crippen molar-refractivity contribution in [1.82, 2.24) is 0 Å². The van der Waals surface area contributed by atoms with Crippen LogP contribution in [0.15, 0.2) is 18.2 Å². The van der Waals surface area contributed by atoms with Gasteiger partial charge in [-0.15, -0.1) is 0 Å². The van der Waals surface area contributed by atoms with Crippen LogP contribution in [0.5, 0.6) is 5.75 Å². The molecular weight excluding hydrogens is 197 g/mol. The van der Waals surface area contributed by atoms with Crippen molar-refractivity contribution < 1.29 is 8.82 Å². The van der Waals surface area contributed by atoms with Gasteiger partial charge in [0.15, 0.2) is 5.82 Å². The highest BCUT2D eigenvalue weighted by Crippen LogP contribution is 2.21. The van der Waals surface area contributed by atoms with E-state index in [1.165, 1.54) is 18.2 Å². The van der Waals surface area contributed by atoms with Gasteiger partial charge in [0, 0.05) is 0 Å². The number of hydrogen-bond donors (Lipinski definition) is 0. The van der Waals surface area contributed by atoms with Gasteiger partial charge in [0.25, 0.3) is 0 Å². The highest BCUT2D eigenvalue weighted by atomic mass is 28.4. The Morgan fingerprint density at radius 3 is 2.50 bits per heavy atom. The van der Waals surface area contributed by atoms with Gasteiger partial charge < -0.3 is 4.43 Å². The molecule has 0 bridgehead atoms. The maximum absolute atomic E-state index is 13.2. The summed E-state index contributed by atoms with van der Waals surface area (Å²) in [6.45, 7) is 5.89. The Morgan fingerprint density at radius 2 is 2.00 bits per heavy atom. The monoisotopic (exact) mass is 209 g/mol. The summed E-state index contributed by atoms with van der Waals surface area (Å²) in [6.07, 6.45) is 0. The van der Waals surface area contributed by atoms with E-state index in [0.29, 0.717) is 5.56 Å². The Morgan fingerprint density at radius 1 is 1.36 bits per heavy atom. The van der Waals surface area contributed by atoms with Gasteiger partial charge in [0.2, 0.25) is 8.32 Å². The molecule has 0 atom stereocenters. The van der Waals surface area contributed by atoms with Crippen LogP contribution in [0.1, 0.15) is 5.56 Å². The van der Waals surface area contributed by atoms with E-state index >= 15 is 0 Å². The van der Waals surface area contributed by atoms with Gasteiger partial charge in [-0.2, -0.15) is 5.26 Å². The van der Waals surface area contributed by atoms with Gasteiger partial charge >= 0.3 is 0 Å². The summed E-state index contributed by atoms with van der Waals surface area (Å²) in [7, 11) is -1.81. The zero-order valence-corrected chi connectivity index (χ0v) is 9.47. The van der Waals surface area contributed by atoms with Crippen LogP contribution in [0, 0.1) is 17.1 Å². The van der Waals surface area contributed by atoms with E-state index in [-0.39, 0.29) is 5.75 Å². The Balaban J connectivity index is 3.03. The second kappa shape index (κ2) is 3.80. The maximum atomic E-state index is 13.2. The molecule has 0 N–H and O–H groups in total. The first-order valence-corrected chi connectivity index (χ1v) is 7.72. The fraction of sp³-hybridized carbons (Fsp3) is 0.300. The van der Waals surface area contributed by atoms with E-state index in [0.717, 1.165) is 0 Å². The van der Waals surface area contributed by atoms with E-state index in [4.69, 9.17) is 9.69 Å². The summed E-state index contributed by atoms with van der Waals surface area (Å²) >= 11 is 0. The third kappa shape index (κ3) is 2.86. The Labute approximate surface area is 84.1 Å². The normalized spacial score (nSPS) is 10.8. The molecule has 0 aliphatic rings. The van der Waals surface area contributed by atoms with Crippen molar-refractivity contribution in [2.45, 2.75) is 19.6 Å². The largest absolute Gasteiger partial charge is 0.542 e. The Bertz CT molecular complexity index is 379. The van der Waals surface area contributed by atoms with Gasteiger partial charge in [-0.05, 0) is 37.8 Å². The fourth-order valence-corrected chi connectivity index (χ4v) is 1.80. The Kier molecular flexibility index (Phi) is 2.92. The summed E-state index contributed by atoms with van der Waals surface area (Å²) < 4.78 is 18.7. The molecule has 1 aromatic rings. The van der Waals surface area contributed by atoms with Crippen LogP contribution in [0.3, 0.4) is 0 Å².